The van der Waals surface area contributed by atoms with E-state index < -0.39 is 17.7 Å². The molecule has 7 heteroatoms. The Labute approximate surface area is 213 Å². The SMILES string of the molecule is CCOc1ccc(/C(O)=C2/C(=O)C(=O)N(CCOC(C)C)C2c2ccc(OC)cc2)cc1C(C)(C)C. The molecule has 2 aromatic rings. The predicted octanol–water partition coefficient (Wildman–Crippen LogP) is 5.24. The molecule has 0 aliphatic carbocycles. The van der Waals surface area contributed by atoms with Gasteiger partial charge in [0.05, 0.1) is 38.0 Å². The number of hydrogen-bond donors (Lipinski definition) is 1. The summed E-state index contributed by atoms with van der Waals surface area (Å²) in [5.74, 6) is -0.217. The zero-order valence-corrected chi connectivity index (χ0v) is 22.3. The van der Waals surface area contributed by atoms with Crippen molar-refractivity contribution in [3.05, 3.63) is 64.7 Å². The van der Waals surface area contributed by atoms with Crippen molar-refractivity contribution in [3.8, 4) is 11.5 Å². The number of hydrogen-bond acceptors (Lipinski definition) is 6. The predicted molar refractivity (Wildman–Crippen MR) is 139 cm³/mol. The number of ether oxygens (including phenoxy) is 3. The Balaban J connectivity index is 2.15. The number of amides is 1. The summed E-state index contributed by atoms with van der Waals surface area (Å²) >= 11 is 0. The van der Waals surface area contributed by atoms with Crippen LogP contribution in [0.1, 0.15) is 64.3 Å². The number of benzene rings is 2. The Kier molecular flexibility index (Phi) is 8.46. The molecule has 1 saturated heterocycles. The van der Waals surface area contributed by atoms with Crippen LogP contribution in [-0.2, 0) is 19.7 Å². The van der Waals surface area contributed by atoms with Gasteiger partial charge < -0.3 is 24.2 Å². The Morgan fingerprint density at radius 3 is 2.31 bits per heavy atom. The van der Waals surface area contributed by atoms with E-state index in [1.807, 2.05) is 26.8 Å². The first-order valence-electron chi connectivity index (χ1n) is 12.3. The Morgan fingerprint density at radius 2 is 1.75 bits per heavy atom. The second kappa shape index (κ2) is 11.2. The average Bonchev–Trinajstić information content (AvgIpc) is 3.08. The van der Waals surface area contributed by atoms with Gasteiger partial charge in [-0.05, 0) is 62.1 Å². The molecule has 1 N–H and O–H groups in total. The third-order valence-corrected chi connectivity index (χ3v) is 6.12. The van der Waals surface area contributed by atoms with Gasteiger partial charge in [0, 0.05) is 17.7 Å². The van der Waals surface area contributed by atoms with Gasteiger partial charge in [0.2, 0.25) is 0 Å². The van der Waals surface area contributed by atoms with E-state index in [2.05, 4.69) is 20.8 Å². The quantitative estimate of drug-likeness (QED) is 0.291. The van der Waals surface area contributed by atoms with Crippen LogP contribution >= 0.6 is 0 Å². The molecule has 1 heterocycles. The lowest BCUT2D eigenvalue weighted by Crippen LogP contribution is -2.33. The van der Waals surface area contributed by atoms with E-state index in [0.29, 0.717) is 23.5 Å². The number of likely N-dealkylation sites (tertiary alicyclic amines) is 1. The molecule has 0 radical (unpaired) electrons. The van der Waals surface area contributed by atoms with Crippen molar-refractivity contribution < 1.29 is 28.9 Å². The Bertz CT molecular complexity index is 1130. The lowest BCUT2D eigenvalue weighted by atomic mass is 9.84. The zero-order chi connectivity index (χ0) is 26.6. The van der Waals surface area contributed by atoms with Crippen molar-refractivity contribution in [2.24, 2.45) is 0 Å². The van der Waals surface area contributed by atoms with Crippen LogP contribution in [-0.4, -0.2) is 54.7 Å². The minimum atomic E-state index is -0.753. The maximum Gasteiger partial charge on any atom is 0.295 e. The van der Waals surface area contributed by atoms with Gasteiger partial charge in [-0.3, -0.25) is 9.59 Å². The highest BCUT2D eigenvalue weighted by molar-refractivity contribution is 6.46. The van der Waals surface area contributed by atoms with Gasteiger partial charge in [0.15, 0.2) is 0 Å². The summed E-state index contributed by atoms with van der Waals surface area (Å²) in [6, 6.07) is 11.8. The molecule has 0 spiro atoms. The van der Waals surface area contributed by atoms with E-state index >= 15 is 0 Å². The van der Waals surface area contributed by atoms with Gasteiger partial charge in [0.25, 0.3) is 11.7 Å². The number of carbonyl (C=O) groups is 2. The van der Waals surface area contributed by atoms with Crippen molar-refractivity contribution in [1.29, 1.82) is 0 Å². The minimum absolute atomic E-state index is 0.0130. The largest absolute Gasteiger partial charge is 0.507 e. The van der Waals surface area contributed by atoms with Gasteiger partial charge in [-0.25, -0.2) is 0 Å². The summed E-state index contributed by atoms with van der Waals surface area (Å²) in [6.45, 7) is 12.9. The minimum Gasteiger partial charge on any atom is -0.507 e. The molecule has 1 aliphatic rings. The molecule has 0 bridgehead atoms. The molecule has 1 amide bonds. The number of rotatable bonds is 9. The third-order valence-electron chi connectivity index (χ3n) is 6.12. The smallest absolute Gasteiger partial charge is 0.295 e. The molecule has 0 aromatic heterocycles. The standard InChI is InChI=1S/C29H37NO6/c1-8-35-23-14-11-20(17-22(23)29(4,5)6)26(31)24-25(19-9-12-21(34-7)13-10-19)30(28(33)27(24)32)15-16-36-18(2)3/h9-14,17-18,25,31H,8,15-16H2,1-7H3/b26-24-. The highest BCUT2D eigenvalue weighted by Gasteiger charge is 2.46. The van der Waals surface area contributed by atoms with Crippen LogP contribution in [0.5, 0.6) is 11.5 Å². The lowest BCUT2D eigenvalue weighted by Gasteiger charge is -2.26. The van der Waals surface area contributed by atoms with E-state index in [9.17, 15) is 14.7 Å². The number of carbonyl (C=O) groups excluding carboxylic acids is 2. The van der Waals surface area contributed by atoms with Gasteiger partial charge in [0.1, 0.15) is 17.3 Å². The van der Waals surface area contributed by atoms with Gasteiger partial charge >= 0.3 is 0 Å². The monoisotopic (exact) mass is 495 g/mol. The molecular weight excluding hydrogens is 458 g/mol. The van der Waals surface area contributed by atoms with E-state index in [-0.39, 0.29) is 36.0 Å². The molecule has 36 heavy (non-hydrogen) atoms. The third kappa shape index (κ3) is 5.73. The lowest BCUT2D eigenvalue weighted by molar-refractivity contribution is -0.140. The fourth-order valence-electron chi connectivity index (χ4n) is 4.33. The molecule has 7 nitrogen and oxygen atoms in total. The summed E-state index contributed by atoms with van der Waals surface area (Å²) in [5, 5.41) is 11.5. The molecule has 194 valence electrons. The van der Waals surface area contributed by atoms with E-state index in [1.54, 1.807) is 43.5 Å². The van der Waals surface area contributed by atoms with Gasteiger partial charge in [-0.15, -0.1) is 0 Å². The second-order valence-corrected chi connectivity index (χ2v) is 10.1. The Morgan fingerprint density at radius 1 is 1.08 bits per heavy atom. The van der Waals surface area contributed by atoms with Crippen LogP contribution in [0.3, 0.4) is 0 Å². The number of aliphatic hydroxyl groups is 1. The number of nitrogens with zero attached hydrogens (tertiary/aromatic N) is 1. The van der Waals surface area contributed by atoms with Crippen molar-refractivity contribution in [1.82, 2.24) is 4.90 Å². The van der Waals surface area contributed by atoms with Gasteiger partial charge in [-0.1, -0.05) is 32.9 Å². The summed E-state index contributed by atoms with van der Waals surface area (Å²) in [4.78, 5) is 27.9. The first kappa shape index (κ1) is 27.3. The maximum absolute atomic E-state index is 13.3. The van der Waals surface area contributed by atoms with E-state index in [1.165, 1.54) is 4.90 Å². The average molecular weight is 496 g/mol. The first-order valence-corrected chi connectivity index (χ1v) is 12.3. The normalized spacial score (nSPS) is 17.7. The maximum atomic E-state index is 13.3. The molecule has 1 atom stereocenters. The molecule has 3 rings (SSSR count). The molecule has 1 unspecified atom stereocenters. The summed E-state index contributed by atoms with van der Waals surface area (Å²) in [6.07, 6.45) is -0.0130. The second-order valence-electron chi connectivity index (χ2n) is 10.1. The van der Waals surface area contributed by atoms with Crippen molar-refractivity contribution in [3.63, 3.8) is 0 Å². The van der Waals surface area contributed by atoms with Crippen LogP contribution in [0, 0.1) is 0 Å². The molecule has 2 aromatic carbocycles. The molecular formula is C29H37NO6. The number of aliphatic hydroxyl groups excluding tert-OH is 1. The van der Waals surface area contributed by atoms with E-state index in [0.717, 1.165) is 11.3 Å². The molecule has 1 aliphatic heterocycles. The summed E-state index contributed by atoms with van der Waals surface area (Å²) in [5.41, 5.74) is 1.84. The molecule has 0 saturated carbocycles. The fourth-order valence-corrected chi connectivity index (χ4v) is 4.33. The van der Waals surface area contributed by atoms with Crippen LogP contribution in [0.25, 0.3) is 5.76 Å². The van der Waals surface area contributed by atoms with Crippen LogP contribution < -0.4 is 9.47 Å². The topological polar surface area (TPSA) is 85.3 Å². The van der Waals surface area contributed by atoms with Gasteiger partial charge in [-0.2, -0.15) is 0 Å². The number of Topliss-reactive ketones (excluding diaryl/α,β-unsaturated/α-hetero) is 1. The van der Waals surface area contributed by atoms with Crippen LogP contribution in [0.2, 0.25) is 0 Å². The van der Waals surface area contributed by atoms with Crippen molar-refractivity contribution in [2.45, 2.75) is 59.1 Å². The van der Waals surface area contributed by atoms with Crippen LogP contribution in [0.15, 0.2) is 48.0 Å². The van der Waals surface area contributed by atoms with Crippen molar-refractivity contribution >= 4 is 17.4 Å². The van der Waals surface area contributed by atoms with Crippen LogP contribution in [0.4, 0.5) is 0 Å². The zero-order valence-electron chi connectivity index (χ0n) is 22.3. The highest BCUT2D eigenvalue weighted by atomic mass is 16.5. The molecule has 1 fully saturated rings. The van der Waals surface area contributed by atoms with E-state index in [4.69, 9.17) is 14.2 Å². The van der Waals surface area contributed by atoms with Crippen molar-refractivity contribution in [2.75, 3.05) is 26.9 Å². The first-order chi connectivity index (χ1) is 17.0. The fraction of sp³-hybridized carbons (Fsp3) is 0.448. The summed E-state index contributed by atoms with van der Waals surface area (Å²) in [7, 11) is 1.57. The number of ketones is 1. The number of methoxy groups -OCH3 is 1. The Hall–Kier alpha value is -3.32. The summed E-state index contributed by atoms with van der Waals surface area (Å²) < 4.78 is 16.7. The highest BCUT2D eigenvalue weighted by Crippen LogP contribution is 2.41.